The van der Waals surface area contributed by atoms with Crippen molar-refractivity contribution in [2.45, 2.75) is 32.3 Å². The zero-order chi connectivity index (χ0) is 13.1. The summed E-state index contributed by atoms with van der Waals surface area (Å²) in [6.45, 7) is 6.69. The average molecular weight is 238 g/mol. The topological polar surface area (TPSA) is 67.5 Å². The van der Waals surface area contributed by atoms with E-state index in [9.17, 15) is 5.11 Å². The van der Waals surface area contributed by atoms with Crippen LogP contribution in [0.5, 0.6) is 5.75 Å². The number of methoxy groups -OCH3 is 1. The first-order valence-corrected chi connectivity index (χ1v) is 5.70. The van der Waals surface area contributed by atoms with Crippen molar-refractivity contribution in [3.05, 3.63) is 29.3 Å². The molecule has 0 bridgehead atoms. The van der Waals surface area contributed by atoms with Crippen LogP contribution >= 0.6 is 0 Å². The Kier molecular flexibility index (Phi) is 4.51. The van der Waals surface area contributed by atoms with E-state index in [4.69, 9.17) is 10.6 Å². The minimum Gasteiger partial charge on any atom is -0.496 e. The quantitative estimate of drug-likeness (QED) is 0.549. The van der Waals surface area contributed by atoms with Gasteiger partial charge in [0.25, 0.3) is 0 Å². The van der Waals surface area contributed by atoms with Gasteiger partial charge in [0.1, 0.15) is 5.75 Å². The molecule has 0 heterocycles. The summed E-state index contributed by atoms with van der Waals surface area (Å²) in [6, 6.07) is 5.88. The van der Waals surface area contributed by atoms with E-state index < -0.39 is 6.10 Å². The molecular formula is C13H22N2O2. The molecule has 4 N–H and O–H groups in total. The van der Waals surface area contributed by atoms with Crippen molar-refractivity contribution < 1.29 is 9.84 Å². The zero-order valence-electron chi connectivity index (χ0n) is 10.9. The highest BCUT2D eigenvalue weighted by atomic mass is 16.5. The Bertz CT molecular complexity index is 372. The Labute approximate surface area is 103 Å². The number of aliphatic hydroxyl groups is 1. The van der Waals surface area contributed by atoms with Gasteiger partial charge in [-0.3, -0.25) is 11.3 Å². The third-order valence-corrected chi connectivity index (χ3v) is 2.77. The molecule has 96 valence electrons. The standard InChI is InChI=1S/C13H22N2O2/c1-13(2,3)9-5-6-12(17-4)10(7-9)11(16)8-15-14/h5-7,11,15-16H,8,14H2,1-4H3. The van der Waals surface area contributed by atoms with Crippen LogP contribution in [0.3, 0.4) is 0 Å². The highest BCUT2D eigenvalue weighted by Crippen LogP contribution is 2.31. The summed E-state index contributed by atoms with van der Waals surface area (Å²) in [5.74, 6) is 5.91. The first-order chi connectivity index (χ1) is 7.90. The maximum absolute atomic E-state index is 10.0. The Morgan fingerprint density at radius 2 is 2.06 bits per heavy atom. The van der Waals surface area contributed by atoms with Crippen molar-refractivity contribution in [1.82, 2.24) is 5.43 Å². The van der Waals surface area contributed by atoms with Crippen molar-refractivity contribution >= 4 is 0 Å². The van der Waals surface area contributed by atoms with Gasteiger partial charge in [-0.05, 0) is 23.1 Å². The zero-order valence-corrected chi connectivity index (χ0v) is 10.9. The number of hydrogen-bond acceptors (Lipinski definition) is 4. The first-order valence-electron chi connectivity index (χ1n) is 5.70. The predicted octanol–water partition coefficient (Wildman–Crippen LogP) is 1.49. The van der Waals surface area contributed by atoms with Crippen molar-refractivity contribution in [1.29, 1.82) is 0 Å². The second-order valence-corrected chi connectivity index (χ2v) is 5.13. The molecule has 0 saturated heterocycles. The monoisotopic (exact) mass is 238 g/mol. The van der Waals surface area contributed by atoms with Gasteiger partial charge in [-0.1, -0.05) is 26.8 Å². The van der Waals surface area contributed by atoms with E-state index in [-0.39, 0.29) is 5.41 Å². The normalized spacial score (nSPS) is 13.5. The van der Waals surface area contributed by atoms with Crippen molar-refractivity contribution in [3.8, 4) is 5.75 Å². The minimum absolute atomic E-state index is 0.0386. The van der Waals surface area contributed by atoms with Crippen LogP contribution in [0.15, 0.2) is 18.2 Å². The van der Waals surface area contributed by atoms with Crippen LogP contribution in [0.4, 0.5) is 0 Å². The molecule has 0 spiro atoms. The number of hydrogen-bond donors (Lipinski definition) is 3. The molecule has 1 aromatic carbocycles. The number of nitrogens with two attached hydrogens (primary N) is 1. The van der Waals surface area contributed by atoms with E-state index in [0.29, 0.717) is 12.3 Å². The highest BCUT2D eigenvalue weighted by molar-refractivity contribution is 5.41. The van der Waals surface area contributed by atoms with Gasteiger partial charge in [-0.25, -0.2) is 0 Å². The van der Waals surface area contributed by atoms with Crippen LogP contribution in [-0.2, 0) is 5.41 Å². The van der Waals surface area contributed by atoms with E-state index in [1.54, 1.807) is 7.11 Å². The van der Waals surface area contributed by atoms with Gasteiger partial charge in [0, 0.05) is 12.1 Å². The summed E-state index contributed by atoms with van der Waals surface area (Å²) in [5.41, 5.74) is 4.43. The molecule has 17 heavy (non-hydrogen) atoms. The molecular weight excluding hydrogens is 216 g/mol. The summed E-state index contributed by atoms with van der Waals surface area (Å²) < 4.78 is 5.25. The van der Waals surface area contributed by atoms with Crippen LogP contribution in [0.2, 0.25) is 0 Å². The number of hydrazine groups is 1. The van der Waals surface area contributed by atoms with Crippen LogP contribution in [0.1, 0.15) is 38.0 Å². The van der Waals surface area contributed by atoms with E-state index >= 15 is 0 Å². The fourth-order valence-corrected chi connectivity index (χ4v) is 1.68. The number of benzene rings is 1. The van der Waals surface area contributed by atoms with E-state index in [1.807, 2.05) is 18.2 Å². The molecule has 1 atom stereocenters. The van der Waals surface area contributed by atoms with Gasteiger partial charge in [0.15, 0.2) is 0 Å². The maximum Gasteiger partial charge on any atom is 0.124 e. The third-order valence-electron chi connectivity index (χ3n) is 2.77. The molecule has 0 aromatic heterocycles. The Morgan fingerprint density at radius 3 is 2.53 bits per heavy atom. The number of rotatable bonds is 4. The largest absolute Gasteiger partial charge is 0.496 e. The smallest absolute Gasteiger partial charge is 0.124 e. The van der Waals surface area contributed by atoms with E-state index in [0.717, 1.165) is 11.1 Å². The fraction of sp³-hybridized carbons (Fsp3) is 0.538. The van der Waals surface area contributed by atoms with Gasteiger partial charge in [0.05, 0.1) is 13.2 Å². The third kappa shape index (κ3) is 3.43. The molecule has 0 aliphatic rings. The van der Waals surface area contributed by atoms with Gasteiger partial charge < -0.3 is 9.84 Å². The first kappa shape index (κ1) is 14.0. The summed E-state index contributed by atoms with van der Waals surface area (Å²) in [4.78, 5) is 0. The molecule has 0 amide bonds. The lowest BCUT2D eigenvalue weighted by Crippen LogP contribution is -2.28. The number of aliphatic hydroxyl groups excluding tert-OH is 1. The summed E-state index contributed by atoms with van der Waals surface area (Å²) in [6.07, 6.45) is -0.669. The summed E-state index contributed by atoms with van der Waals surface area (Å²) in [5, 5.41) is 10.0. The Hall–Kier alpha value is -1.10. The Morgan fingerprint density at radius 1 is 1.41 bits per heavy atom. The molecule has 1 unspecified atom stereocenters. The average Bonchev–Trinajstić information content (AvgIpc) is 2.27. The summed E-state index contributed by atoms with van der Waals surface area (Å²) in [7, 11) is 1.60. The second-order valence-electron chi connectivity index (χ2n) is 5.13. The minimum atomic E-state index is -0.669. The highest BCUT2D eigenvalue weighted by Gasteiger charge is 2.19. The van der Waals surface area contributed by atoms with E-state index in [1.165, 1.54) is 0 Å². The van der Waals surface area contributed by atoms with Gasteiger partial charge in [-0.15, -0.1) is 0 Å². The summed E-state index contributed by atoms with van der Waals surface area (Å²) >= 11 is 0. The molecule has 0 aliphatic heterocycles. The molecule has 4 heteroatoms. The molecule has 0 saturated carbocycles. The van der Waals surface area contributed by atoms with Crippen LogP contribution in [0.25, 0.3) is 0 Å². The molecule has 1 rings (SSSR count). The number of nitrogens with one attached hydrogen (secondary N) is 1. The fourth-order valence-electron chi connectivity index (χ4n) is 1.68. The van der Waals surface area contributed by atoms with Crippen LogP contribution < -0.4 is 16.0 Å². The van der Waals surface area contributed by atoms with Crippen LogP contribution in [-0.4, -0.2) is 18.8 Å². The van der Waals surface area contributed by atoms with Gasteiger partial charge >= 0.3 is 0 Å². The second kappa shape index (κ2) is 5.49. The van der Waals surface area contributed by atoms with E-state index in [2.05, 4.69) is 26.2 Å². The molecule has 4 nitrogen and oxygen atoms in total. The lowest BCUT2D eigenvalue weighted by Gasteiger charge is -2.22. The predicted molar refractivity (Wildman–Crippen MR) is 68.8 cm³/mol. The van der Waals surface area contributed by atoms with Gasteiger partial charge in [-0.2, -0.15) is 0 Å². The van der Waals surface area contributed by atoms with Crippen LogP contribution in [0, 0.1) is 0 Å². The SMILES string of the molecule is COc1ccc(C(C)(C)C)cc1C(O)CNN. The number of ether oxygens (including phenoxy) is 1. The van der Waals surface area contributed by atoms with Crippen molar-refractivity contribution in [2.24, 2.45) is 5.84 Å². The molecule has 1 aromatic rings. The van der Waals surface area contributed by atoms with Crippen molar-refractivity contribution in [3.63, 3.8) is 0 Å². The Balaban J connectivity index is 3.15. The van der Waals surface area contributed by atoms with Gasteiger partial charge in [0.2, 0.25) is 0 Å². The molecule has 0 radical (unpaired) electrons. The molecule has 0 aliphatic carbocycles. The molecule has 0 fully saturated rings. The lowest BCUT2D eigenvalue weighted by atomic mass is 9.85. The maximum atomic E-state index is 10.0. The van der Waals surface area contributed by atoms with Crippen molar-refractivity contribution in [2.75, 3.05) is 13.7 Å². The lowest BCUT2D eigenvalue weighted by molar-refractivity contribution is 0.171.